The van der Waals surface area contributed by atoms with Gasteiger partial charge in [0.05, 0.1) is 16.8 Å². The molecule has 0 radical (unpaired) electrons. The second-order valence-corrected chi connectivity index (χ2v) is 4.44. The number of aromatic nitrogens is 2. The summed E-state index contributed by atoms with van der Waals surface area (Å²) in [5, 5.41) is 13.4. The van der Waals surface area contributed by atoms with E-state index in [1.807, 2.05) is 10.8 Å². The Hall–Kier alpha value is -2.90. The third-order valence-corrected chi connectivity index (χ3v) is 2.93. The number of aryl methyl sites for hydroxylation is 1. The minimum Gasteiger partial charge on any atom is -0.398 e. The topological polar surface area (TPSA) is 116 Å². The van der Waals surface area contributed by atoms with Crippen LogP contribution in [0.3, 0.4) is 0 Å². The number of nitro groups is 1. The number of carbonyl (C=O) groups is 1. The van der Waals surface area contributed by atoms with Crippen LogP contribution in [0.4, 0.5) is 11.4 Å². The van der Waals surface area contributed by atoms with Gasteiger partial charge < -0.3 is 15.6 Å². The second-order valence-electron chi connectivity index (χ2n) is 4.44. The van der Waals surface area contributed by atoms with E-state index in [9.17, 15) is 14.9 Å². The summed E-state index contributed by atoms with van der Waals surface area (Å²) in [5.41, 5.74) is 5.85. The molecule has 2 rings (SSSR count). The van der Waals surface area contributed by atoms with Crippen LogP contribution in [0.25, 0.3) is 0 Å². The molecule has 1 heterocycles. The van der Waals surface area contributed by atoms with Crippen molar-refractivity contribution in [2.45, 2.75) is 13.0 Å². The lowest BCUT2D eigenvalue weighted by Crippen LogP contribution is -2.26. The number of hydrogen-bond acceptors (Lipinski definition) is 5. The van der Waals surface area contributed by atoms with Crippen molar-refractivity contribution in [1.29, 1.82) is 0 Å². The molecule has 0 bridgehead atoms. The predicted octanol–water partition coefficient (Wildman–Crippen LogP) is 1.19. The van der Waals surface area contributed by atoms with Gasteiger partial charge in [-0.3, -0.25) is 14.9 Å². The quantitative estimate of drug-likeness (QED) is 0.358. The second kappa shape index (κ2) is 6.51. The minimum absolute atomic E-state index is 0.117. The van der Waals surface area contributed by atoms with Crippen LogP contribution in [-0.4, -0.2) is 26.9 Å². The third kappa shape index (κ3) is 3.78. The zero-order valence-electron chi connectivity index (χ0n) is 11.2. The van der Waals surface area contributed by atoms with Gasteiger partial charge in [-0.15, -0.1) is 0 Å². The predicted molar refractivity (Wildman–Crippen MR) is 76.7 cm³/mol. The smallest absolute Gasteiger partial charge is 0.270 e. The Bertz CT molecular complexity index is 639. The average Bonchev–Trinajstić information content (AvgIpc) is 2.96. The lowest BCUT2D eigenvalue weighted by atomic mass is 10.1. The summed E-state index contributed by atoms with van der Waals surface area (Å²) in [4.78, 5) is 26.0. The molecule has 1 aromatic carbocycles. The largest absolute Gasteiger partial charge is 0.398 e. The van der Waals surface area contributed by atoms with E-state index in [1.54, 1.807) is 12.5 Å². The molecule has 0 spiro atoms. The van der Waals surface area contributed by atoms with E-state index in [1.165, 1.54) is 18.2 Å². The van der Waals surface area contributed by atoms with E-state index in [2.05, 4.69) is 10.3 Å². The summed E-state index contributed by atoms with van der Waals surface area (Å²) >= 11 is 0. The van der Waals surface area contributed by atoms with Gasteiger partial charge in [-0.1, -0.05) is 0 Å². The van der Waals surface area contributed by atoms with E-state index in [0.717, 1.165) is 13.0 Å². The van der Waals surface area contributed by atoms with Gasteiger partial charge in [0.25, 0.3) is 11.6 Å². The maximum atomic E-state index is 12.0. The Morgan fingerprint density at radius 3 is 2.95 bits per heavy atom. The molecule has 0 fully saturated rings. The molecule has 0 aliphatic heterocycles. The van der Waals surface area contributed by atoms with E-state index in [0.29, 0.717) is 6.54 Å². The molecule has 0 saturated heterocycles. The van der Waals surface area contributed by atoms with Crippen molar-refractivity contribution in [3.63, 3.8) is 0 Å². The Balaban J connectivity index is 1.90. The van der Waals surface area contributed by atoms with E-state index in [-0.39, 0.29) is 16.9 Å². The number of nitrogens with one attached hydrogen (secondary N) is 1. The zero-order valence-corrected chi connectivity index (χ0v) is 11.2. The van der Waals surface area contributed by atoms with Gasteiger partial charge in [-0.25, -0.2) is 4.98 Å². The third-order valence-electron chi connectivity index (χ3n) is 2.93. The van der Waals surface area contributed by atoms with Gasteiger partial charge in [0.15, 0.2) is 0 Å². The van der Waals surface area contributed by atoms with E-state index in [4.69, 9.17) is 5.73 Å². The highest BCUT2D eigenvalue weighted by Gasteiger charge is 2.14. The number of nitrogen functional groups attached to an aromatic ring is 1. The Kier molecular flexibility index (Phi) is 4.50. The maximum absolute atomic E-state index is 12.0. The number of rotatable bonds is 6. The zero-order chi connectivity index (χ0) is 15.2. The van der Waals surface area contributed by atoms with Gasteiger partial charge in [0, 0.05) is 43.3 Å². The molecule has 0 aliphatic rings. The van der Waals surface area contributed by atoms with E-state index < -0.39 is 10.8 Å². The van der Waals surface area contributed by atoms with Crippen LogP contribution in [0.15, 0.2) is 36.9 Å². The number of nitro benzene ring substituents is 1. The molecule has 0 atom stereocenters. The summed E-state index contributed by atoms with van der Waals surface area (Å²) in [7, 11) is 0. The molecular weight excluding hydrogens is 274 g/mol. The van der Waals surface area contributed by atoms with Gasteiger partial charge in [0.1, 0.15) is 0 Å². The highest BCUT2D eigenvalue weighted by Crippen LogP contribution is 2.19. The van der Waals surface area contributed by atoms with Crippen LogP contribution in [0.2, 0.25) is 0 Å². The first-order valence-corrected chi connectivity index (χ1v) is 6.36. The van der Waals surface area contributed by atoms with Crippen molar-refractivity contribution in [2.24, 2.45) is 0 Å². The number of nitrogens with zero attached hydrogens (tertiary/aromatic N) is 3. The van der Waals surface area contributed by atoms with Gasteiger partial charge >= 0.3 is 0 Å². The van der Waals surface area contributed by atoms with Crippen molar-refractivity contribution in [1.82, 2.24) is 14.9 Å². The molecule has 0 saturated carbocycles. The van der Waals surface area contributed by atoms with Crippen molar-refractivity contribution < 1.29 is 9.72 Å². The number of hydrogen-bond donors (Lipinski definition) is 2. The molecule has 110 valence electrons. The molecular formula is C13H15N5O3. The molecule has 2 aromatic rings. The Labute approximate surface area is 120 Å². The number of non-ortho nitro benzene ring substituents is 1. The molecule has 0 aliphatic carbocycles. The van der Waals surface area contributed by atoms with E-state index >= 15 is 0 Å². The van der Waals surface area contributed by atoms with Crippen LogP contribution < -0.4 is 11.1 Å². The number of carbonyl (C=O) groups excluding carboxylic acids is 1. The lowest BCUT2D eigenvalue weighted by Gasteiger charge is -2.07. The Morgan fingerprint density at radius 2 is 2.29 bits per heavy atom. The number of anilines is 1. The summed E-state index contributed by atoms with van der Waals surface area (Å²) < 4.78 is 1.90. The molecule has 0 unspecified atom stereocenters. The highest BCUT2D eigenvalue weighted by atomic mass is 16.6. The van der Waals surface area contributed by atoms with Crippen LogP contribution in [0, 0.1) is 10.1 Å². The number of benzene rings is 1. The van der Waals surface area contributed by atoms with Crippen LogP contribution >= 0.6 is 0 Å². The molecule has 1 aromatic heterocycles. The maximum Gasteiger partial charge on any atom is 0.270 e. The first kappa shape index (κ1) is 14.5. The first-order chi connectivity index (χ1) is 10.1. The van der Waals surface area contributed by atoms with Crippen molar-refractivity contribution in [2.75, 3.05) is 12.3 Å². The van der Waals surface area contributed by atoms with Crippen LogP contribution in [0.1, 0.15) is 16.8 Å². The average molecular weight is 289 g/mol. The van der Waals surface area contributed by atoms with Crippen molar-refractivity contribution >= 4 is 17.3 Å². The molecule has 1 amide bonds. The van der Waals surface area contributed by atoms with Gasteiger partial charge in [-0.05, 0) is 12.5 Å². The summed E-state index contributed by atoms with van der Waals surface area (Å²) in [6.45, 7) is 1.17. The molecule has 8 nitrogen and oxygen atoms in total. The monoisotopic (exact) mass is 289 g/mol. The highest BCUT2D eigenvalue weighted by molar-refractivity contribution is 5.99. The summed E-state index contributed by atoms with van der Waals surface area (Å²) in [5.74, 6) is -0.415. The first-order valence-electron chi connectivity index (χ1n) is 6.36. The SMILES string of the molecule is Nc1ccc([N+](=O)[O-])cc1C(=O)NCCCn1ccnc1. The molecule has 8 heteroatoms. The fraction of sp³-hybridized carbons (Fsp3) is 0.231. The number of imidazole rings is 1. The van der Waals surface area contributed by atoms with Crippen LogP contribution in [0.5, 0.6) is 0 Å². The lowest BCUT2D eigenvalue weighted by molar-refractivity contribution is -0.384. The normalized spacial score (nSPS) is 10.3. The van der Waals surface area contributed by atoms with Gasteiger partial charge in [0.2, 0.25) is 0 Å². The van der Waals surface area contributed by atoms with Crippen molar-refractivity contribution in [3.05, 3.63) is 52.6 Å². The molecule has 21 heavy (non-hydrogen) atoms. The number of nitrogens with two attached hydrogens (primary N) is 1. The Morgan fingerprint density at radius 1 is 1.48 bits per heavy atom. The standard InChI is InChI=1S/C13H15N5O3/c14-12-3-2-10(18(20)21)8-11(12)13(19)16-4-1-6-17-7-5-15-9-17/h2-3,5,7-9H,1,4,6,14H2,(H,16,19). The fourth-order valence-electron chi connectivity index (χ4n) is 1.83. The van der Waals surface area contributed by atoms with Gasteiger partial charge in [-0.2, -0.15) is 0 Å². The summed E-state index contributed by atoms with van der Waals surface area (Å²) in [6, 6.07) is 3.81. The fourth-order valence-corrected chi connectivity index (χ4v) is 1.83. The van der Waals surface area contributed by atoms with Crippen LogP contribution in [-0.2, 0) is 6.54 Å². The molecule has 3 N–H and O–H groups in total. The summed E-state index contributed by atoms with van der Waals surface area (Å²) in [6.07, 6.45) is 5.93. The van der Waals surface area contributed by atoms with Crippen molar-refractivity contribution in [3.8, 4) is 0 Å². The number of amides is 1. The minimum atomic E-state index is -0.560.